The molecule has 1 aromatic carbocycles. The maximum absolute atomic E-state index is 11.8. The highest BCUT2D eigenvalue weighted by Crippen LogP contribution is 2.16. The Bertz CT molecular complexity index is 571. The van der Waals surface area contributed by atoms with E-state index in [1.165, 1.54) is 25.9 Å². The van der Waals surface area contributed by atoms with Crippen LogP contribution in [0.25, 0.3) is 0 Å². The Morgan fingerprint density at radius 1 is 1.12 bits per heavy atom. The van der Waals surface area contributed by atoms with Crippen LogP contribution in [-0.2, 0) is 4.79 Å². The van der Waals surface area contributed by atoms with E-state index in [0.717, 1.165) is 25.3 Å². The summed E-state index contributed by atoms with van der Waals surface area (Å²) in [6, 6.07) is 6.50. The van der Waals surface area contributed by atoms with Crippen LogP contribution in [0.3, 0.4) is 0 Å². The number of likely N-dealkylation sites (tertiary alicyclic amines) is 1. The van der Waals surface area contributed by atoms with E-state index >= 15 is 0 Å². The SMILES string of the molecule is CC1CCN(CCCCNC(=O)NCC(=O)Nc2ccc(Cl)cc2)CC1. The van der Waals surface area contributed by atoms with Gasteiger partial charge in [0, 0.05) is 17.3 Å². The topological polar surface area (TPSA) is 73.5 Å². The van der Waals surface area contributed by atoms with Crippen molar-refractivity contribution in [1.82, 2.24) is 15.5 Å². The van der Waals surface area contributed by atoms with E-state index in [1.54, 1.807) is 24.3 Å². The van der Waals surface area contributed by atoms with Gasteiger partial charge in [-0.1, -0.05) is 18.5 Å². The van der Waals surface area contributed by atoms with E-state index in [-0.39, 0.29) is 18.5 Å². The van der Waals surface area contributed by atoms with E-state index in [4.69, 9.17) is 11.6 Å². The highest BCUT2D eigenvalue weighted by molar-refractivity contribution is 6.30. The predicted molar refractivity (Wildman–Crippen MR) is 106 cm³/mol. The average molecular weight is 381 g/mol. The summed E-state index contributed by atoms with van der Waals surface area (Å²) in [5.41, 5.74) is 0.647. The molecule has 7 heteroatoms. The number of nitrogens with one attached hydrogen (secondary N) is 3. The van der Waals surface area contributed by atoms with Gasteiger partial charge in [-0.2, -0.15) is 0 Å². The first kappa shape index (κ1) is 20.5. The molecule has 3 amide bonds. The Hall–Kier alpha value is -1.79. The van der Waals surface area contributed by atoms with Crippen molar-refractivity contribution in [1.29, 1.82) is 0 Å². The third-order valence-electron chi connectivity index (χ3n) is 4.60. The lowest BCUT2D eigenvalue weighted by Gasteiger charge is -2.30. The normalized spacial score (nSPS) is 15.5. The molecule has 1 aliphatic rings. The Morgan fingerprint density at radius 2 is 1.81 bits per heavy atom. The Labute approximate surface area is 160 Å². The molecule has 1 fully saturated rings. The second kappa shape index (κ2) is 11.0. The summed E-state index contributed by atoms with van der Waals surface area (Å²) in [5.74, 6) is 0.579. The standard InChI is InChI=1S/C19H29ClN4O2/c1-15-8-12-24(13-9-15)11-3-2-10-21-19(26)22-14-18(25)23-17-6-4-16(20)5-7-17/h4-7,15H,2-3,8-14H2,1H3,(H,23,25)(H2,21,22,26). The summed E-state index contributed by atoms with van der Waals surface area (Å²) >= 11 is 5.79. The zero-order chi connectivity index (χ0) is 18.8. The van der Waals surface area contributed by atoms with Gasteiger partial charge in [-0.05, 0) is 75.5 Å². The molecule has 3 N–H and O–H groups in total. The van der Waals surface area contributed by atoms with E-state index in [1.807, 2.05) is 0 Å². The number of piperidine rings is 1. The molecule has 6 nitrogen and oxygen atoms in total. The molecule has 0 unspecified atom stereocenters. The molecule has 0 radical (unpaired) electrons. The van der Waals surface area contributed by atoms with Gasteiger partial charge in [0.2, 0.25) is 5.91 Å². The van der Waals surface area contributed by atoms with Crippen molar-refractivity contribution in [2.75, 3.05) is 38.0 Å². The van der Waals surface area contributed by atoms with Crippen LogP contribution in [0, 0.1) is 5.92 Å². The fourth-order valence-electron chi connectivity index (χ4n) is 2.91. The smallest absolute Gasteiger partial charge is 0.315 e. The molecule has 2 rings (SSSR count). The number of halogens is 1. The molecule has 1 saturated heterocycles. The van der Waals surface area contributed by atoms with Crippen LogP contribution in [0.5, 0.6) is 0 Å². The highest BCUT2D eigenvalue weighted by atomic mass is 35.5. The van der Waals surface area contributed by atoms with Crippen LogP contribution in [-0.4, -0.2) is 49.6 Å². The molecule has 1 aromatic rings. The lowest BCUT2D eigenvalue weighted by molar-refractivity contribution is -0.115. The summed E-state index contributed by atoms with van der Waals surface area (Å²) in [7, 11) is 0. The van der Waals surface area contributed by atoms with Gasteiger partial charge in [-0.3, -0.25) is 4.79 Å². The molecule has 0 atom stereocenters. The number of hydrogen-bond donors (Lipinski definition) is 3. The number of carbonyl (C=O) groups excluding carboxylic acids is 2. The lowest BCUT2D eigenvalue weighted by atomic mass is 9.99. The molecule has 0 bridgehead atoms. The molecule has 1 heterocycles. The lowest BCUT2D eigenvalue weighted by Crippen LogP contribution is -2.40. The van der Waals surface area contributed by atoms with Crippen molar-refractivity contribution in [2.24, 2.45) is 5.92 Å². The number of anilines is 1. The number of carbonyl (C=O) groups is 2. The van der Waals surface area contributed by atoms with E-state index < -0.39 is 0 Å². The van der Waals surface area contributed by atoms with Gasteiger partial charge in [-0.15, -0.1) is 0 Å². The Kier molecular flexibility index (Phi) is 8.71. The second-order valence-corrected chi connectivity index (χ2v) is 7.33. The summed E-state index contributed by atoms with van der Waals surface area (Å²) in [5, 5.41) is 8.65. The molecular formula is C19H29ClN4O2. The third-order valence-corrected chi connectivity index (χ3v) is 4.85. The third kappa shape index (κ3) is 8.06. The van der Waals surface area contributed by atoms with Crippen molar-refractivity contribution < 1.29 is 9.59 Å². The van der Waals surface area contributed by atoms with E-state index in [2.05, 4.69) is 27.8 Å². The Balaban J connectivity index is 1.49. The van der Waals surface area contributed by atoms with Crippen LogP contribution in [0.1, 0.15) is 32.6 Å². The fourth-order valence-corrected chi connectivity index (χ4v) is 3.04. The Morgan fingerprint density at radius 3 is 2.50 bits per heavy atom. The number of hydrogen-bond acceptors (Lipinski definition) is 3. The zero-order valence-corrected chi connectivity index (χ0v) is 16.1. The zero-order valence-electron chi connectivity index (χ0n) is 15.4. The minimum Gasteiger partial charge on any atom is -0.338 e. The first-order chi connectivity index (χ1) is 12.5. The molecule has 0 aromatic heterocycles. The molecular weight excluding hydrogens is 352 g/mol. The summed E-state index contributed by atoms with van der Waals surface area (Å²) < 4.78 is 0. The van der Waals surface area contributed by atoms with Crippen LogP contribution in [0.4, 0.5) is 10.5 Å². The molecule has 144 valence electrons. The molecule has 0 saturated carbocycles. The molecule has 0 spiro atoms. The van der Waals surface area contributed by atoms with Crippen LogP contribution in [0.2, 0.25) is 5.02 Å². The van der Waals surface area contributed by atoms with E-state index in [0.29, 0.717) is 17.3 Å². The van der Waals surface area contributed by atoms with Crippen molar-refractivity contribution >= 4 is 29.2 Å². The first-order valence-corrected chi connectivity index (χ1v) is 9.70. The maximum Gasteiger partial charge on any atom is 0.315 e. The first-order valence-electron chi connectivity index (χ1n) is 9.32. The van der Waals surface area contributed by atoms with Crippen molar-refractivity contribution in [2.45, 2.75) is 32.6 Å². The van der Waals surface area contributed by atoms with Crippen molar-refractivity contribution in [3.63, 3.8) is 0 Å². The number of benzene rings is 1. The molecule has 0 aliphatic carbocycles. The second-order valence-electron chi connectivity index (χ2n) is 6.90. The summed E-state index contributed by atoms with van der Waals surface area (Å²) in [6.45, 7) is 6.35. The molecule has 1 aliphatic heterocycles. The minimum absolute atomic E-state index is 0.0690. The van der Waals surface area contributed by atoms with Crippen molar-refractivity contribution in [3.05, 3.63) is 29.3 Å². The largest absolute Gasteiger partial charge is 0.338 e. The fraction of sp³-hybridized carbons (Fsp3) is 0.579. The molecule has 26 heavy (non-hydrogen) atoms. The van der Waals surface area contributed by atoms with Crippen LogP contribution >= 0.6 is 11.6 Å². The summed E-state index contributed by atoms with van der Waals surface area (Å²) in [4.78, 5) is 26.0. The summed E-state index contributed by atoms with van der Waals surface area (Å²) in [6.07, 6.45) is 4.60. The van der Waals surface area contributed by atoms with Gasteiger partial charge in [0.25, 0.3) is 0 Å². The number of nitrogens with zero attached hydrogens (tertiary/aromatic N) is 1. The van der Waals surface area contributed by atoms with E-state index in [9.17, 15) is 9.59 Å². The van der Waals surface area contributed by atoms with Crippen LogP contribution in [0.15, 0.2) is 24.3 Å². The number of amides is 3. The average Bonchev–Trinajstić information content (AvgIpc) is 2.63. The van der Waals surface area contributed by atoms with Gasteiger partial charge in [0.05, 0.1) is 6.54 Å². The number of urea groups is 1. The van der Waals surface area contributed by atoms with Gasteiger partial charge in [-0.25, -0.2) is 4.79 Å². The quantitative estimate of drug-likeness (QED) is 0.607. The number of rotatable bonds is 8. The highest BCUT2D eigenvalue weighted by Gasteiger charge is 2.14. The predicted octanol–water partition coefficient (Wildman–Crippen LogP) is 3.09. The maximum atomic E-state index is 11.8. The monoisotopic (exact) mass is 380 g/mol. The van der Waals surface area contributed by atoms with Crippen molar-refractivity contribution in [3.8, 4) is 0 Å². The minimum atomic E-state index is -0.317. The van der Waals surface area contributed by atoms with Gasteiger partial charge in [0.1, 0.15) is 0 Å². The van der Waals surface area contributed by atoms with Gasteiger partial charge in [0.15, 0.2) is 0 Å². The van der Waals surface area contributed by atoms with Crippen LogP contribution < -0.4 is 16.0 Å². The number of unbranched alkanes of at least 4 members (excludes halogenated alkanes) is 1. The van der Waals surface area contributed by atoms with Gasteiger partial charge < -0.3 is 20.9 Å². The van der Waals surface area contributed by atoms with Gasteiger partial charge >= 0.3 is 6.03 Å².